The van der Waals surface area contributed by atoms with Crippen molar-refractivity contribution in [1.82, 2.24) is 15.1 Å². The molecule has 1 aromatic heterocycles. The Morgan fingerprint density at radius 1 is 1.54 bits per heavy atom. The van der Waals surface area contributed by atoms with Crippen LogP contribution in [-0.2, 0) is 0 Å². The Balaban J connectivity index is 2.83. The van der Waals surface area contributed by atoms with E-state index in [4.69, 9.17) is 0 Å². The van der Waals surface area contributed by atoms with Crippen molar-refractivity contribution in [1.29, 1.82) is 0 Å². The molecule has 0 aliphatic carbocycles. The minimum atomic E-state index is 0.485. The van der Waals surface area contributed by atoms with E-state index in [1.165, 1.54) is 5.69 Å². The number of aromatic nitrogens is 2. The van der Waals surface area contributed by atoms with E-state index in [0.717, 1.165) is 18.7 Å². The number of hydrogen-bond acceptors (Lipinski definition) is 2. The summed E-state index contributed by atoms with van der Waals surface area (Å²) < 4.78 is 2.12. The molecule has 3 nitrogen and oxygen atoms in total. The van der Waals surface area contributed by atoms with Gasteiger partial charge in [-0.05, 0) is 33.4 Å². The number of rotatable bonds is 4. The molecule has 1 heterocycles. The number of hydrogen-bond donors (Lipinski definition) is 1. The highest BCUT2D eigenvalue weighted by Gasteiger charge is 2.10. The zero-order valence-electron chi connectivity index (χ0n) is 8.96. The van der Waals surface area contributed by atoms with Crippen LogP contribution in [0.25, 0.3) is 0 Å². The Kier molecular flexibility index (Phi) is 3.48. The molecule has 74 valence electrons. The normalized spacial score (nSPS) is 13.2. The van der Waals surface area contributed by atoms with Gasteiger partial charge in [-0.25, -0.2) is 0 Å². The van der Waals surface area contributed by atoms with Crippen LogP contribution in [0.1, 0.15) is 30.8 Å². The molecule has 0 aromatic carbocycles. The Morgan fingerprint density at radius 3 is 2.62 bits per heavy atom. The zero-order valence-corrected chi connectivity index (χ0v) is 8.96. The molecule has 1 atom stereocenters. The smallest absolute Gasteiger partial charge is 0.0644 e. The van der Waals surface area contributed by atoms with Crippen molar-refractivity contribution in [2.24, 2.45) is 0 Å². The minimum Gasteiger partial charge on any atom is -0.318 e. The highest BCUT2D eigenvalue weighted by atomic mass is 15.3. The monoisotopic (exact) mass is 181 g/mol. The first-order valence-corrected chi connectivity index (χ1v) is 4.86. The maximum Gasteiger partial charge on any atom is 0.0644 e. The van der Waals surface area contributed by atoms with E-state index < -0.39 is 0 Å². The van der Waals surface area contributed by atoms with Crippen molar-refractivity contribution in [3.63, 3.8) is 0 Å². The Morgan fingerprint density at radius 2 is 2.23 bits per heavy atom. The lowest BCUT2D eigenvalue weighted by Gasteiger charge is -2.16. The Bertz CT molecular complexity index is 265. The summed E-state index contributed by atoms with van der Waals surface area (Å²) in [7, 11) is 1.98. The fraction of sp³-hybridized carbons (Fsp3) is 0.700. The van der Waals surface area contributed by atoms with E-state index >= 15 is 0 Å². The van der Waals surface area contributed by atoms with Crippen molar-refractivity contribution in [3.05, 3.63) is 17.5 Å². The standard InChI is InChI=1S/C10H19N3/c1-5-10(7-11-4)13-9(3)6-8(2)12-13/h6,10-11H,5,7H2,1-4H3. The molecule has 0 bridgehead atoms. The fourth-order valence-electron chi connectivity index (χ4n) is 1.66. The summed E-state index contributed by atoms with van der Waals surface area (Å²) in [5.74, 6) is 0. The molecule has 0 saturated carbocycles. The first-order chi connectivity index (χ1) is 6.19. The SMILES string of the molecule is CCC(CNC)n1nc(C)cc1C. The fourth-order valence-corrected chi connectivity index (χ4v) is 1.66. The molecule has 0 saturated heterocycles. The van der Waals surface area contributed by atoms with Gasteiger partial charge in [-0.3, -0.25) is 4.68 Å². The quantitative estimate of drug-likeness (QED) is 0.765. The van der Waals surface area contributed by atoms with Crippen LogP contribution in [0.5, 0.6) is 0 Å². The van der Waals surface area contributed by atoms with Gasteiger partial charge in [-0.15, -0.1) is 0 Å². The molecular weight excluding hydrogens is 162 g/mol. The lowest BCUT2D eigenvalue weighted by molar-refractivity contribution is 0.415. The van der Waals surface area contributed by atoms with Crippen molar-refractivity contribution < 1.29 is 0 Å². The van der Waals surface area contributed by atoms with Gasteiger partial charge in [0.1, 0.15) is 0 Å². The summed E-state index contributed by atoms with van der Waals surface area (Å²) in [6.07, 6.45) is 1.11. The van der Waals surface area contributed by atoms with Gasteiger partial charge in [-0.1, -0.05) is 6.92 Å². The molecule has 1 unspecified atom stereocenters. The van der Waals surface area contributed by atoms with Crippen LogP contribution in [0.2, 0.25) is 0 Å². The van der Waals surface area contributed by atoms with E-state index in [1.54, 1.807) is 0 Å². The Hall–Kier alpha value is -0.830. The molecule has 0 spiro atoms. The lowest BCUT2D eigenvalue weighted by atomic mass is 10.2. The van der Waals surface area contributed by atoms with Gasteiger partial charge >= 0.3 is 0 Å². The third kappa shape index (κ3) is 2.31. The van der Waals surface area contributed by atoms with Gasteiger partial charge in [0.05, 0.1) is 11.7 Å². The second-order valence-corrected chi connectivity index (χ2v) is 3.49. The maximum atomic E-state index is 4.48. The average Bonchev–Trinajstić information content (AvgIpc) is 2.41. The zero-order chi connectivity index (χ0) is 9.84. The lowest BCUT2D eigenvalue weighted by Crippen LogP contribution is -2.23. The first kappa shape index (κ1) is 10.3. The maximum absolute atomic E-state index is 4.48. The highest BCUT2D eigenvalue weighted by molar-refractivity contribution is 5.07. The summed E-state index contributed by atoms with van der Waals surface area (Å²) >= 11 is 0. The average molecular weight is 181 g/mol. The van der Waals surface area contributed by atoms with Crippen LogP contribution < -0.4 is 5.32 Å². The molecule has 0 fully saturated rings. The topological polar surface area (TPSA) is 29.9 Å². The predicted octanol–water partition coefficient (Wildman–Crippen LogP) is 1.67. The van der Waals surface area contributed by atoms with Gasteiger partial charge < -0.3 is 5.32 Å². The second kappa shape index (κ2) is 4.42. The molecule has 1 rings (SSSR count). The van der Waals surface area contributed by atoms with Crippen LogP contribution in [0, 0.1) is 13.8 Å². The second-order valence-electron chi connectivity index (χ2n) is 3.49. The third-order valence-corrected chi connectivity index (χ3v) is 2.30. The van der Waals surface area contributed by atoms with Gasteiger partial charge in [0.2, 0.25) is 0 Å². The van der Waals surface area contributed by atoms with Crippen LogP contribution in [-0.4, -0.2) is 23.4 Å². The van der Waals surface area contributed by atoms with Gasteiger partial charge in [0, 0.05) is 12.2 Å². The van der Waals surface area contributed by atoms with Crippen molar-refractivity contribution in [2.75, 3.05) is 13.6 Å². The van der Waals surface area contributed by atoms with Crippen molar-refractivity contribution in [3.8, 4) is 0 Å². The van der Waals surface area contributed by atoms with Crippen LogP contribution >= 0.6 is 0 Å². The van der Waals surface area contributed by atoms with Crippen LogP contribution in [0.3, 0.4) is 0 Å². The number of nitrogens with one attached hydrogen (secondary N) is 1. The van der Waals surface area contributed by atoms with Crippen LogP contribution in [0.4, 0.5) is 0 Å². The number of aryl methyl sites for hydroxylation is 2. The summed E-state index contributed by atoms with van der Waals surface area (Å²) in [6, 6.07) is 2.61. The summed E-state index contributed by atoms with van der Waals surface area (Å²) in [6.45, 7) is 7.32. The summed E-state index contributed by atoms with van der Waals surface area (Å²) in [5.41, 5.74) is 2.35. The molecule has 13 heavy (non-hydrogen) atoms. The molecule has 3 heteroatoms. The van der Waals surface area contributed by atoms with E-state index in [9.17, 15) is 0 Å². The van der Waals surface area contributed by atoms with Crippen LogP contribution in [0.15, 0.2) is 6.07 Å². The molecule has 1 aromatic rings. The number of nitrogens with zero attached hydrogens (tertiary/aromatic N) is 2. The van der Waals surface area contributed by atoms with E-state index in [0.29, 0.717) is 6.04 Å². The van der Waals surface area contributed by atoms with Gasteiger partial charge in [0.25, 0.3) is 0 Å². The third-order valence-electron chi connectivity index (χ3n) is 2.30. The van der Waals surface area contributed by atoms with E-state index in [1.807, 2.05) is 14.0 Å². The summed E-state index contributed by atoms with van der Waals surface area (Å²) in [4.78, 5) is 0. The van der Waals surface area contributed by atoms with Gasteiger partial charge in [-0.2, -0.15) is 5.10 Å². The number of likely N-dealkylation sites (N-methyl/N-ethyl adjacent to an activating group) is 1. The highest BCUT2D eigenvalue weighted by Crippen LogP contribution is 2.13. The molecule has 0 aliphatic heterocycles. The van der Waals surface area contributed by atoms with Crippen molar-refractivity contribution in [2.45, 2.75) is 33.2 Å². The molecular formula is C10H19N3. The molecule has 0 radical (unpaired) electrons. The summed E-state index contributed by atoms with van der Waals surface area (Å²) in [5, 5.41) is 7.67. The molecule has 0 aliphatic rings. The minimum absolute atomic E-state index is 0.485. The Labute approximate surface area is 80.1 Å². The van der Waals surface area contributed by atoms with Gasteiger partial charge in [0.15, 0.2) is 0 Å². The largest absolute Gasteiger partial charge is 0.318 e. The predicted molar refractivity (Wildman–Crippen MR) is 55.0 cm³/mol. The molecule has 1 N–H and O–H groups in total. The first-order valence-electron chi connectivity index (χ1n) is 4.86. The van der Waals surface area contributed by atoms with E-state index in [-0.39, 0.29) is 0 Å². The van der Waals surface area contributed by atoms with E-state index in [2.05, 4.69) is 35.0 Å². The molecule has 0 amide bonds. The van der Waals surface area contributed by atoms with Crippen molar-refractivity contribution >= 4 is 0 Å².